The molecule has 1 saturated carbocycles. The van der Waals surface area contributed by atoms with E-state index in [2.05, 4.69) is 0 Å². The predicted molar refractivity (Wildman–Crippen MR) is 52.7 cm³/mol. The fraction of sp³-hybridized carbons (Fsp3) is 0.909. The van der Waals surface area contributed by atoms with Gasteiger partial charge in [-0.05, 0) is 31.6 Å². The molecule has 0 radical (unpaired) electrons. The van der Waals surface area contributed by atoms with Crippen molar-refractivity contribution < 1.29 is 18.0 Å². The van der Waals surface area contributed by atoms with E-state index in [0.717, 1.165) is 12.8 Å². The van der Waals surface area contributed by atoms with Gasteiger partial charge in [0, 0.05) is 19.5 Å². The number of hydrogen-bond donors (Lipinski definition) is 0. The first kappa shape index (κ1) is 11.7. The van der Waals surface area contributed by atoms with Gasteiger partial charge in [0.2, 0.25) is 5.91 Å². The van der Waals surface area contributed by atoms with Crippen LogP contribution in [0.1, 0.15) is 32.1 Å². The maximum Gasteiger partial charge on any atom is 0.391 e. The van der Waals surface area contributed by atoms with Crippen LogP contribution in [0.25, 0.3) is 0 Å². The maximum absolute atomic E-state index is 12.4. The van der Waals surface area contributed by atoms with Crippen LogP contribution in [0.15, 0.2) is 0 Å². The summed E-state index contributed by atoms with van der Waals surface area (Å²) in [5.74, 6) is -0.659. The average molecular weight is 235 g/mol. The van der Waals surface area contributed by atoms with Crippen LogP contribution in [-0.4, -0.2) is 30.1 Å². The zero-order valence-corrected chi connectivity index (χ0v) is 9.09. The van der Waals surface area contributed by atoms with Crippen molar-refractivity contribution in [1.82, 2.24) is 4.90 Å². The number of amides is 1. The molecule has 1 amide bonds. The molecule has 5 heteroatoms. The number of carbonyl (C=O) groups excluding carboxylic acids is 1. The zero-order chi connectivity index (χ0) is 11.8. The van der Waals surface area contributed by atoms with Crippen molar-refractivity contribution in [3.05, 3.63) is 0 Å². The molecule has 0 aromatic rings. The highest BCUT2D eigenvalue weighted by atomic mass is 19.4. The van der Waals surface area contributed by atoms with E-state index in [-0.39, 0.29) is 31.8 Å². The second kappa shape index (κ2) is 4.26. The number of alkyl halides is 3. The summed E-state index contributed by atoms with van der Waals surface area (Å²) in [5, 5.41) is 0. The quantitative estimate of drug-likeness (QED) is 0.720. The molecule has 1 aliphatic carbocycles. The molecule has 0 atom stereocenters. The monoisotopic (exact) mass is 235 g/mol. The lowest BCUT2D eigenvalue weighted by molar-refractivity contribution is -0.186. The van der Waals surface area contributed by atoms with Crippen LogP contribution >= 0.6 is 0 Å². The molecule has 1 aliphatic heterocycles. The third kappa shape index (κ3) is 2.89. The Morgan fingerprint density at radius 2 is 1.69 bits per heavy atom. The Labute approximate surface area is 92.8 Å². The fourth-order valence-corrected chi connectivity index (χ4v) is 2.15. The van der Waals surface area contributed by atoms with Gasteiger partial charge < -0.3 is 4.90 Å². The number of hydrogen-bond acceptors (Lipinski definition) is 1. The largest absolute Gasteiger partial charge is 0.391 e. The molecule has 0 aromatic carbocycles. The summed E-state index contributed by atoms with van der Waals surface area (Å²) >= 11 is 0. The molecule has 0 N–H and O–H groups in total. The summed E-state index contributed by atoms with van der Waals surface area (Å²) in [6, 6.07) is 0. The molecule has 0 aromatic heterocycles. The van der Waals surface area contributed by atoms with Gasteiger partial charge in [-0.2, -0.15) is 13.2 Å². The Bertz CT molecular complexity index is 265. The lowest BCUT2D eigenvalue weighted by Crippen LogP contribution is -2.42. The Kier molecular flexibility index (Phi) is 3.13. The molecule has 16 heavy (non-hydrogen) atoms. The van der Waals surface area contributed by atoms with Crippen molar-refractivity contribution >= 4 is 5.91 Å². The van der Waals surface area contributed by atoms with E-state index >= 15 is 0 Å². The first-order chi connectivity index (χ1) is 7.47. The molecule has 2 rings (SSSR count). The molecule has 1 saturated heterocycles. The van der Waals surface area contributed by atoms with E-state index in [0.29, 0.717) is 12.3 Å². The van der Waals surface area contributed by atoms with Gasteiger partial charge >= 0.3 is 6.18 Å². The van der Waals surface area contributed by atoms with E-state index in [9.17, 15) is 18.0 Å². The smallest absolute Gasteiger partial charge is 0.343 e. The predicted octanol–water partition coefficient (Wildman–Crippen LogP) is 2.59. The Hall–Kier alpha value is -0.740. The second-order valence-electron chi connectivity index (χ2n) is 4.84. The first-order valence-corrected chi connectivity index (χ1v) is 5.81. The average Bonchev–Trinajstić information content (AvgIpc) is 3.00. The van der Waals surface area contributed by atoms with Crippen LogP contribution in [0.3, 0.4) is 0 Å². The van der Waals surface area contributed by atoms with Crippen molar-refractivity contribution in [2.45, 2.75) is 38.3 Å². The fourth-order valence-electron chi connectivity index (χ4n) is 2.15. The molecule has 2 fully saturated rings. The van der Waals surface area contributed by atoms with E-state index in [1.54, 1.807) is 4.90 Å². The number of piperidine rings is 1. The Morgan fingerprint density at radius 1 is 1.12 bits per heavy atom. The molecule has 92 valence electrons. The number of carbonyl (C=O) groups is 1. The van der Waals surface area contributed by atoms with Gasteiger partial charge in [0.15, 0.2) is 0 Å². The van der Waals surface area contributed by atoms with E-state index < -0.39 is 12.1 Å². The topological polar surface area (TPSA) is 20.3 Å². The minimum atomic E-state index is -4.09. The molecular weight excluding hydrogens is 219 g/mol. The SMILES string of the molecule is O=C(CC1CC1)N1CCC(C(F)(F)F)CC1. The summed E-state index contributed by atoms with van der Waals surface area (Å²) in [6.45, 7) is 0.547. The maximum atomic E-state index is 12.4. The van der Waals surface area contributed by atoms with Gasteiger partial charge in [-0.15, -0.1) is 0 Å². The number of rotatable bonds is 2. The Morgan fingerprint density at radius 3 is 2.12 bits per heavy atom. The minimum absolute atomic E-state index is 0.0446. The molecule has 2 aliphatic rings. The van der Waals surface area contributed by atoms with Crippen LogP contribution in [-0.2, 0) is 4.79 Å². The molecule has 0 bridgehead atoms. The van der Waals surface area contributed by atoms with Crippen LogP contribution < -0.4 is 0 Å². The van der Waals surface area contributed by atoms with E-state index in [1.807, 2.05) is 0 Å². The van der Waals surface area contributed by atoms with Gasteiger partial charge in [-0.1, -0.05) is 0 Å². The van der Waals surface area contributed by atoms with Gasteiger partial charge in [0.25, 0.3) is 0 Å². The summed E-state index contributed by atoms with van der Waals surface area (Å²) < 4.78 is 37.2. The van der Waals surface area contributed by atoms with Gasteiger partial charge in [0.1, 0.15) is 0 Å². The number of likely N-dealkylation sites (tertiary alicyclic amines) is 1. The highest BCUT2D eigenvalue weighted by Gasteiger charge is 2.41. The summed E-state index contributed by atoms with van der Waals surface area (Å²) in [7, 11) is 0. The standard InChI is InChI=1S/C11H16F3NO/c12-11(13,14)9-3-5-15(6-4-9)10(16)7-8-1-2-8/h8-9H,1-7H2. The third-order valence-corrected chi connectivity index (χ3v) is 3.47. The first-order valence-electron chi connectivity index (χ1n) is 5.81. The van der Waals surface area contributed by atoms with Gasteiger partial charge in [0.05, 0.1) is 5.92 Å². The lowest BCUT2D eigenvalue weighted by atomic mass is 9.96. The zero-order valence-electron chi connectivity index (χ0n) is 9.09. The number of halogens is 3. The molecule has 0 spiro atoms. The Balaban J connectivity index is 1.77. The normalized spacial score (nSPS) is 23.6. The van der Waals surface area contributed by atoms with E-state index in [1.165, 1.54) is 0 Å². The number of nitrogens with zero attached hydrogens (tertiary/aromatic N) is 1. The third-order valence-electron chi connectivity index (χ3n) is 3.47. The second-order valence-corrected chi connectivity index (χ2v) is 4.84. The van der Waals surface area contributed by atoms with E-state index in [4.69, 9.17) is 0 Å². The molecular formula is C11H16F3NO. The lowest BCUT2D eigenvalue weighted by Gasteiger charge is -2.33. The van der Waals surface area contributed by atoms with Crippen molar-refractivity contribution in [3.8, 4) is 0 Å². The summed E-state index contributed by atoms with van der Waals surface area (Å²) in [5.41, 5.74) is 0. The molecule has 2 nitrogen and oxygen atoms in total. The van der Waals surface area contributed by atoms with Crippen molar-refractivity contribution in [3.63, 3.8) is 0 Å². The van der Waals surface area contributed by atoms with Crippen molar-refractivity contribution in [2.75, 3.05) is 13.1 Å². The van der Waals surface area contributed by atoms with Crippen LogP contribution in [0.5, 0.6) is 0 Å². The van der Waals surface area contributed by atoms with Crippen molar-refractivity contribution in [2.24, 2.45) is 11.8 Å². The van der Waals surface area contributed by atoms with Crippen LogP contribution in [0.2, 0.25) is 0 Å². The van der Waals surface area contributed by atoms with Crippen LogP contribution in [0.4, 0.5) is 13.2 Å². The highest BCUT2D eigenvalue weighted by molar-refractivity contribution is 5.76. The summed E-state index contributed by atoms with van der Waals surface area (Å²) in [6.07, 6.45) is -1.21. The highest BCUT2D eigenvalue weighted by Crippen LogP contribution is 2.36. The van der Waals surface area contributed by atoms with Gasteiger partial charge in [-0.3, -0.25) is 4.79 Å². The molecule has 0 unspecified atom stereocenters. The van der Waals surface area contributed by atoms with Gasteiger partial charge in [-0.25, -0.2) is 0 Å². The minimum Gasteiger partial charge on any atom is -0.343 e. The summed E-state index contributed by atoms with van der Waals surface area (Å²) in [4.78, 5) is 13.2. The van der Waals surface area contributed by atoms with Crippen molar-refractivity contribution in [1.29, 1.82) is 0 Å². The molecule has 1 heterocycles. The van der Waals surface area contributed by atoms with Crippen LogP contribution in [0, 0.1) is 11.8 Å².